The standard InChI is InChI=1S/C7H15NO2S/c1-6(9)8-4-5-10-7(2)11-3/h7H,4-5H2,1-3H3,(H,8,9). The molecule has 1 amide bonds. The summed E-state index contributed by atoms with van der Waals surface area (Å²) in [5.41, 5.74) is 0.212. The molecule has 1 atom stereocenters. The highest BCUT2D eigenvalue weighted by atomic mass is 32.2. The average Bonchev–Trinajstić information content (AvgIpc) is 1.97. The molecule has 0 spiro atoms. The molecule has 4 heteroatoms. The third-order valence-electron chi connectivity index (χ3n) is 1.16. The van der Waals surface area contributed by atoms with Crippen molar-refractivity contribution in [2.45, 2.75) is 19.3 Å². The summed E-state index contributed by atoms with van der Waals surface area (Å²) < 4.78 is 5.29. The van der Waals surface area contributed by atoms with E-state index in [4.69, 9.17) is 4.74 Å². The molecule has 0 aromatic rings. The number of rotatable bonds is 5. The molecule has 0 saturated carbocycles. The summed E-state index contributed by atoms with van der Waals surface area (Å²) in [5.74, 6) is -0.00888. The van der Waals surface area contributed by atoms with Gasteiger partial charge in [-0.05, 0) is 13.2 Å². The maximum Gasteiger partial charge on any atom is 0.216 e. The lowest BCUT2D eigenvalue weighted by atomic mass is 10.6. The summed E-state index contributed by atoms with van der Waals surface area (Å²) >= 11 is 1.65. The molecule has 0 aromatic heterocycles. The molecule has 0 aromatic carbocycles. The van der Waals surface area contributed by atoms with E-state index < -0.39 is 0 Å². The van der Waals surface area contributed by atoms with Crippen molar-refractivity contribution in [1.82, 2.24) is 5.32 Å². The van der Waals surface area contributed by atoms with Crippen LogP contribution in [0.5, 0.6) is 0 Å². The minimum absolute atomic E-state index is 0.00888. The van der Waals surface area contributed by atoms with Crippen molar-refractivity contribution in [1.29, 1.82) is 0 Å². The molecular formula is C7H15NO2S. The van der Waals surface area contributed by atoms with E-state index in [-0.39, 0.29) is 11.3 Å². The summed E-state index contributed by atoms with van der Waals surface area (Å²) in [4.78, 5) is 10.4. The van der Waals surface area contributed by atoms with Gasteiger partial charge in [0.15, 0.2) is 0 Å². The highest BCUT2D eigenvalue weighted by Crippen LogP contribution is 2.04. The smallest absolute Gasteiger partial charge is 0.216 e. The summed E-state index contributed by atoms with van der Waals surface area (Å²) in [5, 5.41) is 2.65. The van der Waals surface area contributed by atoms with Crippen LogP contribution >= 0.6 is 11.8 Å². The number of amides is 1. The Hall–Kier alpha value is -0.220. The van der Waals surface area contributed by atoms with E-state index in [0.29, 0.717) is 13.2 Å². The van der Waals surface area contributed by atoms with Crippen LogP contribution in [0.1, 0.15) is 13.8 Å². The zero-order valence-corrected chi connectivity index (χ0v) is 8.03. The molecular weight excluding hydrogens is 162 g/mol. The number of carbonyl (C=O) groups excluding carboxylic acids is 1. The van der Waals surface area contributed by atoms with Crippen molar-refractivity contribution in [3.8, 4) is 0 Å². The van der Waals surface area contributed by atoms with E-state index in [1.54, 1.807) is 11.8 Å². The van der Waals surface area contributed by atoms with Crippen LogP contribution in [0, 0.1) is 0 Å². The van der Waals surface area contributed by atoms with Crippen LogP contribution < -0.4 is 5.32 Å². The monoisotopic (exact) mass is 177 g/mol. The Bertz CT molecular complexity index is 119. The number of hydrogen-bond donors (Lipinski definition) is 1. The van der Waals surface area contributed by atoms with Crippen molar-refractivity contribution in [2.24, 2.45) is 0 Å². The normalized spacial score (nSPS) is 12.6. The fourth-order valence-corrected chi connectivity index (χ4v) is 0.752. The molecule has 0 radical (unpaired) electrons. The van der Waals surface area contributed by atoms with Gasteiger partial charge in [0.05, 0.1) is 12.0 Å². The van der Waals surface area contributed by atoms with Gasteiger partial charge in [0, 0.05) is 13.5 Å². The van der Waals surface area contributed by atoms with Gasteiger partial charge in [-0.1, -0.05) is 0 Å². The number of hydrogen-bond acceptors (Lipinski definition) is 3. The van der Waals surface area contributed by atoms with E-state index in [9.17, 15) is 4.79 Å². The maximum atomic E-state index is 10.4. The lowest BCUT2D eigenvalue weighted by molar-refractivity contribution is -0.119. The number of ether oxygens (including phenoxy) is 1. The van der Waals surface area contributed by atoms with Gasteiger partial charge in [-0.15, -0.1) is 11.8 Å². The Labute approximate surface area is 71.9 Å². The zero-order chi connectivity index (χ0) is 8.69. The van der Waals surface area contributed by atoms with Gasteiger partial charge >= 0.3 is 0 Å². The lowest BCUT2D eigenvalue weighted by Gasteiger charge is -2.09. The number of carbonyl (C=O) groups is 1. The van der Waals surface area contributed by atoms with Crippen LogP contribution in [0.15, 0.2) is 0 Å². The summed E-state index contributed by atoms with van der Waals surface area (Å²) in [6.07, 6.45) is 1.99. The van der Waals surface area contributed by atoms with Crippen molar-refractivity contribution < 1.29 is 9.53 Å². The summed E-state index contributed by atoms with van der Waals surface area (Å²) in [6.45, 7) is 4.66. The average molecular weight is 177 g/mol. The van der Waals surface area contributed by atoms with Crippen LogP contribution in [0.4, 0.5) is 0 Å². The Morgan fingerprint density at radius 2 is 2.36 bits per heavy atom. The predicted molar refractivity (Wildman–Crippen MR) is 47.6 cm³/mol. The number of thioether (sulfide) groups is 1. The molecule has 0 rings (SSSR count). The largest absolute Gasteiger partial charge is 0.366 e. The Morgan fingerprint density at radius 3 is 2.82 bits per heavy atom. The zero-order valence-electron chi connectivity index (χ0n) is 7.22. The summed E-state index contributed by atoms with van der Waals surface area (Å²) in [7, 11) is 0. The molecule has 0 bridgehead atoms. The lowest BCUT2D eigenvalue weighted by Crippen LogP contribution is -2.25. The maximum absolute atomic E-state index is 10.4. The molecule has 0 aliphatic heterocycles. The second kappa shape index (κ2) is 6.49. The van der Waals surface area contributed by atoms with Gasteiger partial charge < -0.3 is 10.1 Å². The summed E-state index contributed by atoms with van der Waals surface area (Å²) in [6, 6.07) is 0. The van der Waals surface area contributed by atoms with Crippen molar-refractivity contribution in [3.63, 3.8) is 0 Å². The number of nitrogens with one attached hydrogen (secondary N) is 1. The highest BCUT2D eigenvalue weighted by molar-refractivity contribution is 7.99. The molecule has 0 aliphatic rings. The van der Waals surface area contributed by atoms with E-state index in [1.807, 2.05) is 13.2 Å². The first-order valence-electron chi connectivity index (χ1n) is 3.55. The van der Waals surface area contributed by atoms with Gasteiger partial charge in [0.1, 0.15) is 0 Å². The van der Waals surface area contributed by atoms with Crippen LogP contribution in [0.25, 0.3) is 0 Å². The van der Waals surface area contributed by atoms with Gasteiger partial charge in [0.25, 0.3) is 0 Å². The van der Waals surface area contributed by atoms with E-state index in [1.165, 1.54) is 6.92 Å². The van der Waals surface area contributed by atoms with E-state index in [2.05, 4.69) is 5.32 Å². The minimum atomic E-state index is -0.00888. The molecule has 0 heterocycles. The quantitative estimate of drug-likeness (QED) is 0.500. The second-order valence-corrected chi connectivity index (χ2v) is 3.29. The molecule has 0 aliphatic carbocycles. The Kier molecular flexibility index (Phi) is 6.36. The highest BCUT2D eigenvalue weighted by Gasteiger charge is 1.97. The third-order valence-corrected chi connectivity index (χ3v) is 1.96. The van der Waals surface area contributed by atoms with Gasteiger partial charge in [0.2, 0.25) is 5.91 Å². The van der Waals surface area contributed by atoms with Crippen molar-refractivity contribution in [2.75, 3.05) is 19.4 Å². The molecule has 66 valence electrons. The van der Waals surface area contributed by atoms with Crippen molar-refractivity contribution in [3.05, 3.63) is 0 Å². The van der Waals surface area contributed by atoms with Crippen LogP contribution in [-0.4, -0.2) is 30.8 Å². The molecule has 0 fully saturated rings. The first kappa shape index (κ1) is 10.8. The van der Waals surface area contributed by atoms with Crippen LogP contribution in [0.2, 0.25) is 0 Å². The molecule has 1 N–H and O–H groups in total. The minimum Gasteiger partial charge on any atom is -0.366 e. The molecule has 3 nitrogen and oxygen atoms in total. The SMILES string of the molecule is CSC(C)OCCNC(C)=O. The molecule has 11 heavy (non-hydrogen) atoms. The van der Waals surface area contributed by atoms with E-state index >= 15 is 0 Å². The second-order valence-electron chi connectivity index (χ2n) is 2.16. The first-order valence-corrected chi connectivity index (χ1v) is 4.84. The fraction of sp³-hybridized carbons (Fsp3) is 0.857. The van der Waals surface area contributed by atoms with Crippen LogP contribution in [0.3, 0.4) is 0 Å². The fourth-order valence-electron chi connectivity index (χ4n) is 0.520. The Morgan fingerprint density at radius 1 is 1.73 bits per heavy atom. The molecule has 0 saturated heterocycles. The van der Waals surface area contributed by atoms with Gasteiger partial charge in [-0.3, -0.25) is 4.79 Å². The van der Waals surface area contributed by atoms with Crippen molar-refractivity contribution >= 4 is 17.7 Å². The topological polar surface area (TPSA) is 38.3 Å². The molecule has 1 unspecified atom stereocenters. The van der Waals surface area contributed by atoms with Gasteiger partial charge in [-0.25, -0.2) is 0 Å². The third kappa shape index (κ3) is 7.68. The first-order chi connectivity index (χ1) is 5.16. The Balaban J connectivity index is 3.08. The predicted octanol–water partition coefficient (Wildman–Crippen LogP) is 0.848. The van der Waals surface area contributed by atoms with Gasteiger partial charge in [-0.2, -0.15) is 0 Å². The van der Waals surface area contributed by atoms with Crippen LogP contribution in [-0.2, 0) is 9.53 Å². The van der Waals surface area contributed by atoms with E-state index in [0.717, 1.165) is 0 Å².